The van der Waals surface area contributed by atoms with Crippen molar-refractivity contribution in [3.63, 3.8) is 0 Å². The average molecular weight is 375 g/mol. The molecule has 0 radical (unpaired) electrons. The number of rotatable bonds is 5. The van der Waals surface area contributed by atoms with Crippen LogP contribution in [0.2, 0.25) is 0 Å². The highest BCUT2D eigenvalue weighted by molar-refractivity contribution is 7.88. The van der Waals surface area contributed by atoms with Crippen molar-refractivity contribution in [2.45, 2.75) is 26.1 Å². The number of aromatic nitrogens is 2. The zero-order chi connectivity index (χ0) is 18.3. The molecule has 0 amide bonds. The Labute approximate surface area is 155 Å². The molecule has 1 aromatic carbocycles. The van der Waals surface area contributed by atoms with Crippen LogP contribution in [0.5, 0.6) is 0 Å². The van der Waals surface area contributed by atoms with E-state index in [4.69, 9.17) is 0 Å². The second-order valence-electron chi connectivity index (χ2n) is 7.50. The first-order chi connectivity index (χ1) is 12.5. The summed E-state index contributed by atoms with van der Waals surface area (Å²) in [7, 11) is -3.22. The fourth-order valence-corrected chi connectivity index (χ4v) is 5.68. The third-order valence-electron chi connectivity index (χ3n) is 5.70. The second kappa shape index (κ2) is 6.79. The number of hydrogen-bond acceptors (Lipinski definition) is 4. The lowest BCUT2D eigenvalue weighted by Crippen LogP contribution is -2.35. The van der Waals surface area contributed by atoms with Gasteiger partial charge in [0.15, 0.2) is 0 Å². The maximum atomic E-state index is 12.4. The van der Waals surface area contributed by atoms with Gasteiger partial charge in [0, 0.05) is 38.9 Å². The minimum atomic E-state index is -3.22. The molecule has 3 atom stereocenters. The predicted molar refractivity (Wildman–Crippen MR) is 101 cm³/mol. The van der Waals surface area contributed by atoms with E-state index in [2.05, 4.69) is 39.7 Å². The zero-order valence-electron chi connectivity index (χ0n) is 15.3. The van der Waals surface area contributed by atoms with E-state index in [-0.39, 0.29) is 6.04 Å². The zero-order valence-corrected chi connectivity index (χ0v) is 16.1. The number of benzene rings is 1. The molecule has 7 heteroatoms. The van der Waals surface area contributed by atoms with E-state index < -0.39 is 10.0 Å². The Morgan fingerprint density at radius 2 is 1.92 bits per heavy atom. The van der Waals surface area contributed by atoms with Gasteiger partial charge in [-0.3, -0.25) is 4.90 Å². The number of nitrogens with zero attached hydrogens (tertiary/aromatic N) is 4. The number of imidazole rings is 1. The maximum Gasteiger partial charge on any atom is 0.211 e. The van der Waals surface area contributed by atoms with Crippen molar-refractivity contribution in [3.8, 4) is 0 Å². The molecule has 2 aliphatic heterocycles. The molecule has 6 nitrogen and oxygen atoms in total. The number of likely N-dealkylation sites (tertiary alicyclic amines) is 1. The summed E-state index contributed by atoms with van der Waals surface area (Å²) in [6, 6.07) is 10.0. The lowest BCUT2D eigenvalue weighted by atomic mass is 9.90. The SMILES string of the molecule is CCn1cnc(CN2C[C@@H]3CN(S(C)(=O)=O)[C@@H](c4ccccc4)[C@@H]3C2)c1. The maximum absolute atomic E-state index is 12.4. The van der Waals surface area contributed by atoms with Gasteiger partial charge >= 0.3 is 0 Å². The molecule has 1 aromatic heterocycles. The minimum Gasteiger partial charge on any atom is -0.337 e. The van der Waals surface area contributed by atoms with Crippen molar-refractivity contribution < 1.29 is 8.42 Å². The fourth-order valence-electron chi connectivity index (χ4n) is 4.52. The van der Waals surface area contributed by atoms with Crippen molar-refractivity contribution in [2.75, 3.05) is 25.9 Å². The summed E-state index contributed by atoms with van der Waals surface area (Å²) in [5.41, 5.74) is 2.19. The monoisotopic (exact) mass is 374 g/mol. The van der Waals surface area contributed by atoms with E-state index in [0.717, 1.165) is 37.4 Å². The fraction of sp³-hybridized carbons (Fsp3) is 0.526. The predicted octanol–water partition coefficient (Wildman–Crippen LogP) is 1.97. The van der Waals surface area contributed by atoms with E-state index in [9.17, 15) is 8.42 Å². The van der Waals surface area contributed by atoms with Crippen LogP contribution >= 0.6 is 0 Å². The molecule has 3 heterocycles. The summed E-state index contributed by atoms with van der Waals surface area (Å²) >= 11 is 0. The summed E-state index contributed by atoms with van der Waals surface area (Å²) in [5.74, 6) is 0.712. The molecule has 26 heavy (non-hydrogen) atoms. The molecule has 0 N–H and O–H groups in total. The van der Waals surface area contributed by atoms with Crippen molar-refractivity contribution >= 4 is 10.0 Å². The summed E-state index contributed by atoms with van der Waals surface area (Å²) in [4.78, 5) is 6.91. The second-order valence-corrected chi connectivity index (χ2v) is 9.44. The third-order valence-corrected chi connectivity index (χ3v) is 6.93. The molecule has 0 saturated carbocycles. The smallest absolute Gasteiger partial charge is 0.211 e. The van der Waals surface area contributed by atoms with Gasteiger partial charge in [-0.1, -0.05) is 30.3 Å². The van der Waals surface area contributed by atoms with Gasteiger partial charge in [0.1, 0.15) is 0 Å². The number of aryl methyl sites for hydroxylation is 1. The van der Waals surface area contributed by atoms with Crippen LogP contribution in [0.3, 0.4) is 0 Å². The van der Waals surface area contributed by atoms with Crippen LogP contribution < -0.4 is 0 Å². The van der Waals surface area contributed by atoms with Gasteiger partial charge in [-0.15, -0.1) is 0 Å². The Hall–Kier alpha value is -1.70. The van der Waals surface area contributed by atoms with Crippen LogP contribution in [0.25, 0.3) is 0 Å². The van der Waals surface area contributed by atoms with Crippen LogP contribution in [-0.4, -0.2) is 53.1 Å². The Morgan fingerprint density at radius 3 is 2.58 bits per heavy atom. The van der Waals surface area contributed by atoms with E-state index in [1.807, 2.05) is 24.5 Å². The summed E-state index contributed by atoms with van der Waals surface area (Å²) in [5, 5.41) is 0. The third kappa shape index (κ3) is 3.31. The molecule has 2 aliphatic rings. The highest BCUT2D eigenvalue weighted by atomic mass is 32.2. The highest BCUT2D eigenvalue weighted by Crippen LogP contribution is 2.46. The standard InChI is InChI=1S/C19H26N4O2S/c1-3-21-11-17(20-14-21)12-22-9-16-10-23(26(2,24)25)19(18(16)13-22)15-7-5-4-6-8-15/h4-8,11,14,16,18-19H,3,9-10,12-13H2,1-2H3/t16-,18-,19+/m1/s1. The van der Waals surface area contributed by atoms with Crippen molar-refractivity contribution in [1.82, 2.24) is 18.8 Å². The molecule has 2 aromatic rings. The van der Waals surface area contributed by atoms with Crippen molar-refractivity contribution in [2.24, 2.45) is 11.8 Å². The number of hydrogen-bond donors (Lipinski definition) is 0. The molecule has 0 spiro atoms. The molecule has 0 unspecified atom stereocenters. The number of sulfonamides is 1. The lowest BCUT2D eigenvalue weighted by molar-refractivity contribution is 0.259. The van der Waals surface area contributed by atoms with Crippen LogP contribution in [-0.2, 0) is 23.1 Å². The minimum absolute atomic E-state index is 0.0607. The van der Waals surface area contributed by atoms with Crippen LogP contribution in [0.15, 0.2) is 42.9 Å². The molecule has 0 bridgehead atoms. The van der Waals surface area contributed by atoms with E-state index in [1.165, 1.54) is 6.26 Å². The largest absolute Gasteiger partial charge is 0.337 e. The average Bonchev–Trinajstić information content (AvgIpc) is 3.29. The van der Waals surface area contributed by atoms with Crippen LogP contribution in [0.4, 0.5) is 0 Å². The quantitative estimate of drug-likeness (QED) is 0.803. The normalized spacial score (nSPS) is 27.1. The molecular formula is C19H26N4O2S. The lowest BCUT2D eigenvalue weighted by Gasteiger charge is -2.28. The van der Waals surface area contributed by atoms with Crippen molar-refractivity contribution in [1.29, 1.82) is 0 Å². The van der Waals surface area contributed by atoms with Gasteiger partial charge in [0.25, 0.3) is 0 Å². The summed E-state index contributed by atoms with van der Waals surface area (Å²) in [6.07, 6.45) is 5.31. The Balaban J connectivity index is 1.55. The Kier molecular flexibility index (Phi) is 4.62. The van der Waals surface area contributed by atoms with Crippen molar-refractivity contribution in [3.05, 3.63) is 54.1 Å². The van der Waals surface area contributed by atoms with Gasteiger partial charge < -0.3 is 4.57 Å². The first-order valence-corrected chi connectivity index (χ1v) is 11.1. The van der Waals surface area contributed by atoms with Gasteiger partial charge in [-0.25, -0.2) is 13.4 Å². The topological polar surface area (TPSA) is 58.4 Å². The Morgan fingerprint density at radius 1 is 1.15 bits per heavy atom. The highest BCUT2D eigenvalue weighted by Gasteiger charge is 2.50. The van der Waals surface area contributed by atoms with E-state index in [1.54, 1.807) is 4.31 Å². The first kappa shape index (κ1) is 17.7. The summed E-state index contributed by atoms with van der Waals surface area (Å²) < 4.78 is 28.5. The molecular weight excluding hydrogens is 348 g/mol. The van der Waals surface area contributed by atoms with Crippen LogP contribution in [0, 0.1) is 11.8 Å². The molecule has 4 rings (SSSR count). The van der Waals surface area contributed by atoms with Gasteiger partial charge in [-0.2, -0.15) is 4.31 Å². The number of fused-ring (bicyclic) bond motifs is 1. The van der Waals surface area contributed by atoms with Gasteiger partial charge in [0.05, 0.1) is 24.3 Å². The van der Waals surface area contributed by atoms with Gasteiger partial charge in [0.2, 0.25) is 10.0 Å². The van der Waals surface area contributed by atoms with E-state index >= 15 is 0 Å². The van der Waals surface area contributed by atoms with Gasteiger partial charge in [-0.05, 0) is 24.3 Å². The molecule has 2 saturated heterocycles. The Bertz CT molecular complexity index is 865. The molecule has 0 aliphatic carbocycles. The van der Waals surface area contributed by atoms with E-state index in [0.29, 0.717) is 18.4 Å². The first-order valence-electron chi connectivity index (χ1n) is 9.20. The molecule has 140 valence electrons. The summed E-state index contributed by atoms with van der Waals surface area (Å²) in [6.45, 7) is 6.32. The molecule has 2 fully saturated rings. The van der Waals surface area contributed by atoms with Crippen LogP contribution in [0.1, 0.15) is 24.2 Å².